The number of para-hydroxylation sites is 1. The average Bonchev–Trinajstić information content (AvgIpc) is 3.58. The van der Waals surface area contributed by atoms with Crippen LogP contribution in [0.15, 0.2) is 48.7 Å². The number of ether oxygens (including phenoxy) is 1. The lowest BCUT2D eigenvalue weighted by Gasteiger charge is -2.34. The number of carbonyl (C=O) groups is 2. The first-order valence-electron chi connectivity index (χ1n) is 10.9. The van der Waals surface area contributed by atoms with Crippen molar-refractivity contribution in [3.63, 3.8) is 0 Å². The summed E-state index contributed by atoms with van der Waals surface area (Å²) in [6.45, 7) is 3.46. The Bertz CT molecular complexity index is 1300. The van der Waals surface area contributed by atoms with E-state index in [-0.39, 0.29) is 17.9 Å². The Morgan fingerprint density at radius 3 is 2.97 bits per heavy atom. The van der Waals surface area contributed by atoms with Crippen LogP contribution in [0, 0.1) is 0 Å². The first-order valence-corrected chi connectivity index (χ1v) is 12.1. The molecule has 0 saturated carbocycles. The number of fused-ring (bicyclic) bond motifs is 1. The Kier molecular flexibility index (Phi) is 6.36. The fourth-order valence-electron chi connectivity index (χ4n) is 4.00. The van der Waals surface area contributed by atoms with Gasteiger partial charge in [0.1, 0.15) is 17.4 Å². The number of aromatic nitrogens is 4. The first-order chi connectivity index (χ1) is 16.5. The molecule has 0 spiro atoms. The molecule has 9 nitrogen and oxygen atoms in total. The molecular weight excluding hydrogens is 476 g/mol. The fourth-order valence-corrected chi connectivity index (χ4v) is 4.99. The third-order valence-electron chi connectivity index (χ3n) is 5.70. The zero-order chi connectivity index (χ0) is 23.7. The van der Waals surface area contributed by atoms with E-state index in [0.29, 0.717) is 36.3 Å². The van der Waals surface area contributed by atoms with Crippen molar-refractivity contribution in [1.82, 2.24) is 30.2 Å². The molecule has 3 aromatic heterocycles. The van der Waals surface area contributed by atoms with Gasteiger partial charge < -0.3 is 19.9 Å². The normalized spacial score (nSPS) is 17.1. The molecule has 2 atom stereocenters. The monoisotopic (exact) mass is 498 g/mol. The van der Waals surface area contributed by atoms with E-state index in [1.165, 1.54) is 11.3 Å². The van der Waals surface area contributed by atoms with Crippen molar-refractivity contribution >= 4 is 45.7 Å². The van der Waals surface area contributed by atoms with Crippen LogP contribution in [-0.4, -0.2) is 68.5 Å². The standard InChI is InChI=1S/C23H23ClN6O3S/c1-14(25-22(31)18-10-15-4-2-3-5-17(15)26-18)23(32)29-8-9-33-16(11-29)12-30-13-19(27-28-30)20-6-7-21(24)34-20/h2-7,10,13-14,16,26H,8-9,11-12H2,1H3,(H,25,31). The average molecular weight is 499 g/mol. The molecule has 1 aliphatic rings. The van der Waals surface area contributed by atoms with Crippen LogP contribution in [0.25, 0.3) is 21.5 Å². The maximum Gasteiger partial charge on any atom is 0.268 e. The molecular formula is C23H23ClN6O3S. The zero-order valence-corrected chi connectivity index (χ0v) is 20.0. The molecule has 2 unspecified atom stereocenters. The minimum atomic E-state index is -0.667. The van der Waals surface area contributed by atoms with Gasteiger partial charge in [0, 0.05) is 24.0 Å². The molecule has 0 aliphatic carbocycles. The number of nitrogens with zero attached hydrogens (tertiary/aromatic N) is 4. The number of nitrogens with one attached hydrogen (secondary N) is 2. The molecule has 0 radical (unpaired) electrons. The second-order valence-corrected chi connectivity index (χ2v) is 9.89. The Morgan fingerprint density at radius 2 is 2.18 bits per heavy atom. The third kappa shape index (κ3) is 4.84. The lowest BCUT2D eigenvalue weighted by Crippen LogP contribution is -2.53. The number of rotatable bonds is 6. The van der Waals surface area contributed by atoms with Gasteiger partial charge in [-0.2, -0.15) is 0 Å². The molecule has 5 rings (SSSR count). The summed E-state index contributed by atoms with van der Waals surface area (Å²) in [5.41, 5.74) is 2.05. The first kappa shape index (κ1) is 22.6. The van der Waals surface area contributed by atoms with Gasteiger partial charge in [-0.15, -0.1) is 16.4 Å². The van der Waals surface area contributed by atoms with Crippen LogP contribution >= 0.6 is 22.9 Å². The summed E-state index contributed by atoms with van der Waals surface area (Å²) < 4.78 is 8.26. The van der Waals surface area contributed by atoms with E-state index in [0.717, 1.165) is 21.5 Å². The molecule has 2 N–H and O–H groups in total. The lowest BCUT2D eigenvalue weighted by atomic mass is 10.2. The Labute approximate surface area is 204 Å². The number of carbonyl (C=O) groups excluding carboxylic acids is 2. The topological polar surface area (TPSA) is 105 Å². The van der Waals surface area contributed by atoms with Crippen molar-refractivity contribution in [2.75, 3.05) is 19.7 Å². The molecule has 1 fully saturated rings. The summed E-state index contributed by atoms with van der Waals surface area (Å²) in [6, 6.07) is 12.5. The Balaban J connectivity index is 1.18. The van der Waals surface area contributed by atoms with E-state index in [1.54, 1.807) is 22.6 Å². The quantitative estimate of drug-likeness (QED) is 0.425. The number of morpholine rings is 1. The minimum absolute atomic E-state index is 0.148. The van der Waals surface area contributed by atoms with Crippen LogP contribution in [0.3, 0.4) is 0 Å². The number of thiophene rings is 1. The number of hydrogen-bond donors (Lipinski definition) is 2. The van der Waals surface area contributed by atoms with Crippen LogP contribution in [0.1, 0.15) is 17.4 Å². The van der Waals surface area contributed by atoms with Gasteiger partial charge in [-0.05, 0) is 31.2 Å². The molecule has 4 heterocycles. The maximum atomic E-state index is 13.0. The Hall–Kier alpha value is -3.21. The van der Waals surface area contributed by atoms with Crippen LogP contribution in [0.2, 0.25) is 4.34 Å². The largest absolute Gasteiger partial charge is 0.373 e. The van der Waals surface area contributed by atoms with Crippen LogP contribution in [0.5, 0.6) is 0 Å². The van der Waals surface area contributed by atoms with Crippen molar-refractivity contribution in [2.24, 2.45) is 0 Å². The minimum Gasteiger partial charge on any atom is -0.373 e. The third-order valence-corrected chi connectivity index (χ3v) is 6.95. The summed E-state index contributed by atoms with van der Waals surface area (Å²) in [5.74, 6) is -0.462. The Morgan fingerprint density at radius 1 is 1.32 bits per heavy atom. The number of H-pyrrole nitrogens is 1. The SMILES string of the molecule is CC(NC(=O)c1cc2ccccc2[nH]1)C(=O)N1CCOC(Cn2cc(-c3ccc(Cl)s3)nn2)C1. The summed E-state index contributed by atoms with van der Waals surface area (Å²) in [7, 11) is 0. The summed E-state index contributed by atoms with van der Waals surface area (Å²) in [5, 5.41) is 12.1. The zero-order valence-electron chi connectivity index (χ0n) is 18.4. The van der Waals surface area contributed by atoms with Crippen molar-refractivity contribution in [2.45, 2.75) is 25.6 Å². The molecule has 11 heteroatoms. The highest BCUT2D eigenvalue weighted by Crippen LogP contribution is 2.29. The highest BCUT2D eigenvalue weighted by molar-refractivity contribution is 7.19. The van der Waals surface area contributed by atoms with E-state index >= 15 is 0 Å². The van der Waals surface area contributed by atoms with Crippen molar-refractivity contribution in [3.05, 3.63) is 58.7 Å². The molecule has 0 bridgehead atoms. The number of hydrogen-bond acceptors (Lipinski definition) is 6. The number of halogens is 1. The van der Waals surface area contributed by atoms with Gasteiger partial charge in [0.15, 0.2) is 0 Å². The van der Waals surface area contributed by atoms with Gasteiger partial charge in [-0.25, -0.2) is 4.68 Å². The number of amides is 2. The van der Waals surface area contributed by atoms with Gasteiger partial charge >= 0.3 is 0 Å². The smallest absolute Gasteiger partial charge is 0.268 e. The van der Waals surface area contributed by atoms with Crippen LogP contribution in [0.4, 0.5) is 0 Å². The second-order valence-electron chi connectivity index (χ2n) is 8.17. The van der Waals surface area contributed by atoms with E-state index in [9.17, 15) is 9.59 Å². The molecule has 4 aromatic rings. The van der Waals surface area contributed by atoms with Crippen molar-refractivity contribution in [3.8, 4) is 10.6 Å². The molecule has 1 aromatic carbocycles. The van der Waals surface area contributed by atoms with Gasteiger partial charge in [0.2, 0.25) is 5.91 Å². The summed E-state index contributed by atoms with van der Waals surface area (Å²) in [6.07, 6.45) is 1.62. The molecule has 176 valence electrons. The molecule has 1 aliphatic heterocycles. The van der Waals surface area contributed by atoms with Crippen LogP contribution < -0.4 is 5.32 Å². The van der Waals surface area contributed by atoms with Crippen molar-refractivity contribution < 1.29 is 14.3 Å². The van der Waals surface area contributed by atoms with Gasteiger partial charge in [0.25, 0.3) is 5.91 Å². The van der Waals surface area contributed by atoms with Crippen molar-refractivity contribution in [1.29, 1.82) is 0 Å². The van der Waals surface area contributed by atoms with Crippen LogP contribution in [-0.2, 0) is 16.1 Å². The molecule has 2 amide bonds. The number of aromatic amines is 1. The second kappa shape index (κ2) is 9.57. The summed E-state index contributed by atoms with van der Waals surface area (Å²) in [4.78, 5) is 31.5. The maximum absolute atomic E-state index is 13.0. The van der Waals surface area contributed by atoms with Gasteiger partial charge in [-0.1, -0.05) is 35.0 Å². The van der Waals surface area contributed by atoms with Gasteiger partial charge in [-0.3, -0.25) is 9.59 Å². The fraction of sp³-hybridized carbons (Fsp3) is 0.304. The van der Waals surface area contributed by atoms with E-state index in [2.05, 4.69) is 20.6 Å². The predicted molar refractivity (Wildman–Crippen MR) is 130 cm³/mol. The predicted octanol–water partition coefficient (Wildman–Crippen LogP) is 3.19. The van der Waals surface area contributed by atoms with E-state index in [1.807, 2.05) is 42.6 Å². The van der Waals surface area contributed by atoms with E-state index < -0.39 is 6.04 Å². The van der Waals surface area contributed by atoms with Gasteiger partial charge in [0.05, 0.1) is 34.7 Å². The highest BCUT2D eigenvalue weighted by atomic mass is 35.5. The highest BCUT2D eigenvalue weighted by Gasteiger charge is 2.29. The molecule has 34 heavy (non-hydrogen) atoms. The number of benzene rings is 1. The summed E-state index contributed by atoms with van der Waals surface area (Å²) >= 11 is 7.45. The van der Waals surface area contributed by atoms with E-state index in [4.69, 9.17) is 16.3 Å². The molecule has 1 saturated heterocycles. The lowest BCUT2D eigenvalue weighted by molar-refractivity contribution is -0.141.